The lowest BCUT2D eigenvalue weighted by molar-refractivity contribution is -0.383. The molecule has 1 atom stereocenters. The molecule has 0 saturated carbocycles. The van der Waals surface area contributed by atoms with Gasteiger partial charge in [-0.1, -0.05) is 13.0 Å². The van der Waals surface area contributed by atoms with Gasteiger partial charge in [-0.2, -0.15) is 0 Å². The predicted octanol–water partition coefficient (Wildman–Crippen LogP) is 2.95. The number of hydrogen-bond acceptors (Lipinski definition) is 4. The minimum absolute atomic E-state index is 0.0536. The molecule has 1 unspecified atom stereocenters. The highest BCUT2D eigenvalue weighted by atomic mass is 16.6. The molecule has 18 heavy (non-hydrogen) atoms. The van der Waals surface area contributed by atoms with Crippen LogP contribution < -0.4 is 10.6 Å². The molecule has 98 valence electrons. The van der Waals surface area contributed by atoms with Gasteiger partial charge in [0.05, 0.1) is 4.92 Å². The highest BCUT2D eigenvalue weighted by molar-refractivity contribution is 5.75. The Labute approximate surface area is 107 Å². The van der Waals surface area contributed by atoms with Gasteiger partial charge in [0.15, 0.2) is 0 Å². The number of anilines is 2. The van der Waals surface area contributed by atoms with Crippen molar-refractivity contribution in [3.8, 4) is 0 Å². The first kappa shape index (κ1) is 12.7. The first-order chi connectivity index (χ1) is 8.65. The summed E-state index contributed by atoms with van der Waals surface area (Å²) in [5.74, 6) is 0. The van der Waals surface area contributed by atoms with Gasteiger partial charge in [0, 0.05) is 12.6 Å². The van der Waals surface area contributed by atoms with E-state index in [1.54, 1.807) is 12.1 Å². The molecule has 1 heterocycles. The zero-order chi connectivity index (χ0) is 13.1. The topological polar surface area (TPSA) is 72.4 Å². The van der Waals surface area contributed by atoms with E-state index in [1.165, 1.54) is 6.42 Å². The maximum absolute atomic E-state index is 11.2. The van der Waals surface area contributed by atoms with Crippen LogP contribution in [-0.4, -0.2) is 17.5 Å². The smallest absolute Gasteiger partial charge is 0.315 e. The van der Waals surface area contributed by atoms with E-state index in [0.29, 0.717) is 11.7 Å². The maximum atomic E-state index is 11.2. The number of nitrogen functional groups attached to an aromatic ring is 1. The second-order valence-electron chi connectivity index (χ2n) is 4.72. The van der Waals surface area contributed by atoms with Gasteiger partial charge >= 0.3 is 5.69 Å². The van der Waals surface area contributed by atoms with Gasteiger partial charge in [-0.3, -0.25) is 10.1 Å². The first-order valence-corrected chi connectivity index (χ1v) is 6.44. The number of nitrogens with two attached hydrogens (primary N) is 1. The first-order valence-electron chi connectivity index (χ1n) is 6.44. The molecule has 5 nitrogen and oxygen atoms in total. The third-order valence-electron chi connectivity index (χ3n) is 3.64. The van der Waals surface area contributed by atoms with Crippen LogP contribution in [0.15, 0.2) is 18.2 Å². The quantitative estimate of drug-likeness (QED) is 0.508. The minimum Gasteiger partial charge on any atom is -0.393 e. The summed E-state index contributed by atoms with van der Waals surface area (Å²) in [4.78, 5) is 13.0. The normalized spacial score (nSPS) is 19.8. The lowest BCUT2D eigenvalue weighted by Gasteiger charge is -2.36. The molecule has 0 aliphatic carbocycles. The molecule has 2 rings (SSSR count). The van der Waals surface area contributed by atoms with Crippen molar-refractivity contribution in [3.05, 3.63) is 28.3 Å². The van der Waals surface area contributed by atoms with Crippen molar-refractivity contribution in [2.24, 2.45) is 0 Å². The fraction of sp³-hybridized carbons (Fsp3) is 0.538. The van der Waals surface area contributed by atoms with Gasteiger partial charge < -0.3 is 10.6 Å². The van der Waals surface area contributed by atoms with Gasteiger partial charge in [-0.05, 0) is 37.8 Å². The summed E-state index contributed by atoms with van der Waals surface area (Å²) in [6.07, 6.45) is 4.39. The van der Waals surface area contributed by atoms with Crippen LogP contribution >= 0.6 is 0 Å². The van der Waals surface area contributed by atoms with Crippen LogP contribution in [0.4, 0.5) is 17.1 Å². The number of benzene rings is 1. The summed E-state index contributed by atoms with van der Waals surface area (Å²) in [5, 5.41) is 11.2. The summed E-state index contributed by atoms with van der Waals surface area (Å²) in [6.45, 7) is 3.00. The van der Waals surface area contributed by atoms with Crippen LogP contribution in [0.1, 0.15) is 32.6 Å². The molecule has 0 spiro atoms. The Morgan fingerprint density at radius 2 is 2.28 bits per heavy atom. The number of hydrogen-bond donors (Lipinski definition) is 1. The summed E-state index contributed by atoms with van der Waals surface area (Å²) in [7, 11) is 0. The molecular weight excluding hydrogens is 230 g/mol. The Bertz CT molecular complexity index is 448. The third kappa shape index (κ3) is 2.25. The highest BCUT2D eigenvalue weighted by Gasteiger charge is 2.28. The number of rotatable bonds is 3. The van der Waals surface area contributed by atoms with E-state index >= 15 is 0 Å². The fourth-order valence-corrected chi connectivity index (χ4v) is 2.72. The fourth-order valence-electron chi connectivity index (χ4n) is 2.72. The lowest BCUT2D eigenvalue weighted by Crippen LogP contribution is -2.39. The Morgan fingerprint density at radius 1 is 1.50 bits per heavy atom. The van der Waals surface area contributed by atoms with E-state index < -0.39 is 0 Å². The van der Waals surface area contributed by atoms with E-state index in [1.807, 2.05) is 6.07 Å². The molecule has 1 aromatic carbocycles. The summed E-state index contributed by atoms with van der Waals surface area (Å²) in [5.41, 5.74) is 6.72. The van der Waals surface area contributed by atoms with Crippen LogP contribution in [0, 0.1) is 10.1 Å². The van der Waals surface area contributed by atoms with Gasteiger partial charge in [0.25, 0.3) is 0 Å². The van der Waals surface area contributed by atoms with Crippen molar-refractivity contribution in [3.63, 3.8) is 0 Å². The summed E-state index contributed by atoms with van der Waals surface area (Å²) < 4.78 is 0. The molecule has 1 saturated heterocycles. The highest BCUT2D eigenvalue weighted by Crippen LogP contribution is 2.37. The third-order valence-corrected chi connectivity index (χ3v) is 3.64. The number of nitrogens with zero attached hydrogens (tertiary/aromatic N) is 2. The van der Waals surface area contributed by atoms with Crippen molar-refractivity contribution in [2.45, 2.75) is 38.6 Å². The van der Waals surface area contributed by atoms with E-state index in [2.05, 4.69) is 11.8 Å². The van der Waals surface area contributed by atoms with E-state index in [9.17, 15) is 10.1 Å². The Balaban J connectivity index is 2.42. The van der Waals surface area contributed by atoms with E-state index in [0.717, 1.165) is 25.8 Å². The number of para-hydroxylation sites is 1. The zero-order valence-corrected chi connectivity index (χ0v) is 10.6. The van der Waals surface area contributed by atoms with E-state index in [4.69, 9.17) is 5.73 Å². The van der Waals surface area contributed by atoms with Crippen LogP contribution in [-0.2, 0) is 0 Å². The average Bonchev–Trinajstić information content (AvgIpc) is 2.38. The monoisotopic (exact) mass is 249 g/mol. The number of piperidine rings is 1. The van der Waals surface area contributed by atoms with Gasteiger partial charge in [-0.15, -0.1) is 0 Å². The maximum Gasteiger partial charge on any atom is 0.315 e. The van der Waals surface area contributed by atoms with Crippen molar-refractivity contribution in [1.82, 2.24) is 0 Å². The standard InChI is InChI=1S/C13H19N3O2/c1-2-10-6-3-4-9-15(10)12-8-5-7-11(14)13(12)16(17)18/h5,7-8,10H,2-4,6,9,14H2,1H3. The molecule has 0 bridgehead atoms. The van der Waals surface area contributed by atoms with Crippen molar-refractivity contribution in [2.75, 3.05) is 17.2 Å². The SMILES string of the molecule is CCC1CCCCN1c1cccc(N)c1[N+](=O)[O-]. The van der Waals surface area contributed by atoms with Gasteiger partial charge in [-0.25, -0.2) is 0 Å². The number of nitro groups is 1. The van der Waals surface area contributed by atoms with Crippen molar-refractivity contribution in [1.29, 1.82) is 0 Å². The molecule has 0 aromatic heterocycles. The van der Waals surface area contributed by atoms with Gasteiger partial charge in [0.2, 0.25) is 0 Å². The Kier molecular flexibility index (Phi) is 3.69. The molecule has 0 amide bonds. The van der Waals surface area contributed by atoms with Gasteiger partial charge in [0.1, 0.15) is 11.4 Å². The zero-order valence-electron chi connectivity index (χ0n) is 10.6. The molecule has 2 N–H and O–H groups in total. The minimum atomic E-state index is -0.369. The molecule has 1 aliphatic rings. The average molecular weight is 249 g/mol. The Morgan fingerprint density at radius 3 is 2.94 bits per heavy atom. The van der Waals surface area contributed by atoms with Crippen LogP contribution in [0.2, 0.25) is 0 Å². The second kappa shape index (κ2) is 5.25. The molecule has 0 radical (unpaired) electrons. The van der Waals surface area contributed by atoms with Crippen LogP contribution in [0.3, 0.4) is 0 Å². The summed E-state index contributed by atoms with van der Waals surface area (Å²) >= 11 is 0. The second-order valence-corrected chi connectivity index (χ2v) is 4.72. The largest absolute Gasteiger partial charge is 0.393 e. The van der Waals surface area contributed by atoms with Crippen LogP contribution in [0.25, 0.3) is 0 Å². The van der Waals surface area contributed by atoms with Crippen LogP contribution in [0.5, 0.6) is 0 Å². The number of nitro benzene ring substituents is 1. The predicted molar refractivity (Wildman–Crippen MR) is 72.8 cm³/mol. The molecule has 5 heteroatoms. The molecular formula is C13H19N3O2. The molecule has 1 aromatic rings. The van der Waals surface area contributed by atoms with E-state index in [-0.39, 0.29) is 16.3 Å². The Hall–Kier alpha value is -1.78. The molecule has 1 aliphatic heterocycles. The summed E-state index contributed by atoms with van der Waals surface area (Å²) in [6, 6.07) is 5.58. The van der Waals surface area contributed by atoms with Crippen molar-refractivity contribution >= 4 is 17.1 Å². The van der Waals surface area contributed by atoms with Crippen molar-refractivity contribution < 1.29 is 4.92 Å². The molecule has 1 fully saturated rings. The lowest BCUT2D eigenvalue weighted by atomic mass is 9.98.